The summed E-state index contributed by atoms with van der Waals surface area (Å²) >= 11 is -0.0721. The van der Waals surface area contributed by atoms with Crippen LogP contribution >= 0.6 is 11.8 Å². The van der Waals surface area contributed by atoms with Gasteiger partial charge in [0.1, 0.15) is 0 Å². The molecule has 0 saturated carbocycles. The molecule has 1 fully saturated rings. The number of aliphatic hydroxyl groups is 1. The summed E-state index contributed by atoms with van der Waals surface area (Å²) in [6.45, 7) is 0. The quantitative estimate of drug-likeness (QED) is 0.874. The Hall–Kier alpha value is -1.74. The van der Waals surface area contributed by atoms with Crippen LogP contribution in [0.2, 0.25) is 0 Å². The number of hydrogen-bond donors (Lipinski definition) is 2. The van der Waals surface area contributed by atoms with Crippen molar-refractivity contribution in [1.82, 2.24) is 0 Å². The number of para-hydroxylation sites is 1. The lowest BCUT2D eigenvalue weighted by Crippen LogP contribution is -2.63. The summed E-state index contributed by atoms with van der Waals surface area (Å²) in [5, 5.41) is 15.2. The summed E-state index contributed by atoms with van der Waals surface area (Å²) in [4.78, 5) is 22.7. The minimum absolute atomic E-state index is 0.0659. The predicted octanol–water partition coefficient (Wildman–Crippen LogP) is 2.06. The van der Waals surface area contributed by atoms with Crippen LogP contribution in [0.25, 0.3) is 0 Å². The summed E-state index contributed by atoms with van der Waals surface area (Å²) in [6.07, 6.45) is -5.31. The van der Waals surface area contributed by atoms with Gasteiger partial charge in [-0.25, -0.2) is 0 Å². The monoisotopic (exact) mass is 307 g/mol. The van der Waals surface area contributed by atoms with Crippen LogP contribution in [0.5, 0.6) is 0 Å². The number of rotatable bonds is 2. The second kappa shape index (κ2) is 4.67. The molecular weight excluding hydrogens is 299 g/mol. The topological polar surface area (TPSA) is 77.8 Å². The highest BCUT2D eigenvalue weighted by molar-refractivity contribution is 8.15. The largest absolute Gasteiger partial charge is 0.480 e. The fourth-order valence-corrected chi connectivity index (χ4v) is 2.93. The van der Waals surface area contributed by atoms with Crippen LogP contribution in [-0.4, -0.2) is 38.6 Å². The number of thioether (sulfide) groups is 1. The number of halogens is 3. The maximum atomic E-state index is 13.1. The number of anilines is 1. The highest BCUT2D eigenvalue weighted by atomic mass is 32.2. The number of carbonyl (C=O) groups is 2. The Morgan fingerprint density at radius 2 is 1.85 bits per heavy atom. The first-order valence-corrected chi connectivity index (χ1v) is 6.15. The van der Waals surface area contributed by atoms with E-state index in [4.69, 9.17) is 5.11 Å². The molecule has 1 heterocycles. The Kier molecular flexibility index (Phi) is 3.42. The first-order valence-electron chi connectivity index (χ1n) is 5.27. The number of benzene rings is 1. The van der Waals surface area contributed by atoms with Crippen LogP contribution in [0.3, 0.4) is 0 Å². The van der Waals surface area contributed by atoms with Crippen molar-refractivity contribution in [3.8, 4) is 0 Å². The third-order valence-corrected chi connectivity index (χ3v) is 3.91. The van der Waals surface area contributed by atoms with Crippen molar-refractivity contribution >= 4 is 28.7 Å². The van der Waals surface area contributed by atoms with Crippen LogP contribution < -0.4 is 4.90 Å². The summed E-state index contributed by atoms with van der Waals surface area (Å²) < 4.78 is 39.4. The zero-order chi connectivity index (χ0) is 15.1. The van der Waals surface area contributed by atoms with Crippen molar-refractivity contribution in [1.29, 1.82) is 0 Å². The van der Waals surface area contributed by atoms with Gasteiger partial charge < -0.3 is 10.2 Å². The molecule has 0 spiro atoms. The molecule has 1 aliphatic rings. The Labute approximate surface area is 115 Å². The van der Waals surface area contributed by atoms with Crippen molar-refractivity contribution in [3.05, 3.63) is 30.3 Å². The Morgan fingerprint density at radius 1 is 1.30 bits per heavy atom. The van der Waals surface area contributed by atoms with Crippen LogP contribution in [0.15, 0.2) is 30.3 Å². The number of amides is 1. The first-order chi connectivity index (χ1) is 9.19. The number of hydrogen-bond acceptors (Lipinski definition) is 4. The van der Waals surface area contributed by atoms with Crippen LogP contribution in [0.1, 0.15) is 0 Å². The van der Waals surface area contributed by atoms with Crippen LogP contribution in [-0.2, 0) is 4.79 Å². The van der Waals surface area contributed by atoms with Gasteiger partial charge >= 0.3 is 12.1 Å². The van der Waals surface area contributed by atoms with Gasteiger partial charge in [-0.1, -0.05) is 18.2 Å². The van der Waals surface area contributed by atoms with Crippen molar-refractivity contribution in [2.45, 2.75) is 17.2 Å². The maximum absolute atomic E-state index is 13.1. The van der Waals surface area contributed by atoms with Crippen molar-refractivity contribution in [3.63, 3.8) is 0 Å². The lowest BCUT2D eigenvalue weighted by Gasteiger charge is -2.36. The average Bonchev–Trinajstić information content (AvgIpc) is 2.63. The summed E-state index contributed by atoms with van der Waals surface area (Å²) in [5.74, 6) is -1.92. The minimum atomic E-state index is -5.31. The van der Waals surface area contributed by atoms with E-state index in [2.05, 4.69) is 0 Å². The van der Waals surface area contributed by atoms with Gasteiger partial charge in [0.15, 0.2) is 5.25 Å². The third kappa shape index (κ3) is 2.02. The van der Waals surface area contributed by atoms with Crippen molar-refractivity contribution in [2.24, 2.45) is 0 Å². The first kappa shape index (κ1) is 14.7. The lowest BCUT2D eigenvalue weighted by atomic mass is 10.1. The molecular formula is C11H8F3NO4S. The molecule has 2 rings (SSSR count). The van der Waals surface area contributed by atoms with Crippen LogP contribution in [0, 0.1) is 0 Å². The predicted molar refractivity (Wildman–Crippen MR) is 64.3 cm³/mol. The molecule has 1 aromatic carbocycles. The number of nitrogens with zero attached hydrogens (tertiary/aromatic N) is 1. The number of alkyl halides is 3. The fraction of sp³-hybridized carbons (Fsp3) is 0.273. The summed E-state index contributed by atoms with van der Waals surface area (Å²) in [5.41, 5.74) is -4.02. The highest BCUT2D eigenvalue weighted by Gasteiger charge is 2.71. The molecule has 20 heavy (non-hydrogen) atoms. The second-order valence-corrected chi connectivity index (χ2v) is 5.05. The molecule has 1 aliphatic heterocycles. The lowest BCUT2D eigenvalue weighted by molar-refractivity contribution is -0.254. The normalized spacial score (nSPS) is 26.9. The zero-order valence-corrected chi connectivity index (χ0v) is 10.5. The molecule has 9 heteroatoms. The molecule has 108 valence electrons. The molecule has 0 aromatic heterocycles. The van der Waals surface area contributed by atoms with E-state index >= 15 is 0 Å². The molecule has 2 N–H and O–H groups in total. The SMILES string of the molecule is O=C(O)C1SC(=O)N(c2ccccc2)C1(O)C(F)(F)F. The van der Waals surface area contributed by atoms with Gasteiger partial charge in [0, 0.05) is 5.69 Å². The second-order valence-electron chi connectivity index (χ2n) is 4.00. The van der Waals surface area contributed by atoms with Gasteiger partial charge in [0.25, 0.3) is 11.0 Å². The Balaban J connectivity index is 2.60. The molecule has 0 bridgehead atoms. The molecule has 5 nitrogen and oxygen atoms in total. The molecule has 2 unspecified atom stereocenters. The van der Waals surface area contributed by atoms with Gasteiger partial charge in [-0.05, 0) is 23.9 Å². The molecule has 0 aliphatic carbocycles. The van der Waals surface area contributed by atoms with Gasteiger partial charge in [0.2, 0.25) is 0 Å². The fourth-order valence-electron chi connectivity index (χ4n) is 1.87. The van der Waals surface area contributed by atoms with E-state index in [-0.39, 0.29) is 22.3 Å². The van der Waals surface area contributed by atoms with E-state index in [0.717, 1.165) is 0 Å². The molecule has 1 aromatic rings. The van der Waals surface area contributed by atoms with E-state index in [1.54, 1.807) is 0 Å². The third-order valence-electron chi connectivity index (χ3n) is 2.76. The highest BCUT2D eigenvalue weighted by Crippen LogP contribution is 2.49. The number of carboxylic acids is 1. The molecule has 2 atom stereocenters. The van der Waals surface area contributed by atoms with Gasteiger partial charge in [-0.15, -0.1) is 0 Å². The van der Waals surface area contributed by atoms with E-state index in [1.807, 2.05) is 0 Å². The van der Waals surface area contributed by atoms with Gasteiger partial charge in [-0.2, -0.15) is 13.2 Å². The minimum Gasteiger partial charge on any atom is -0.480 e. The van der Waals surface area contributed by atoms with Crippen molar-refractivity contribution in [2.75, 3.05) is 4.90 Å². The Bertz CT molecular complexity index is 550. The van der Waals surface area contributed by atoms with E-state index < -0.39 is 28.4 Å². The standard InChI is InChI=1S/C11H8F3NO4S/c12-11(13,14)10(19)7(8(16)17)20-9(18)15(10)6-4-2-1-3-5-6/h1-5,7,19H,(H,16,17). The van der Waals surface area contributed by atoms with Crippen LogP contribution in [0.4, 0.5) is 23.7 Å². The van der Waals surface area contributed by atoms with Gasteiger partial charge in [-0.3, -0.25) is 14.5 Å². The van der Waals surface area contributed by atoms with Crippen molar-refractivity contribution < 1.29 is 33.0 Å². The number of carbonyl (C=O) groups excluding carboxylic acids is 1. The average molecular weight is 307 g/mol. The molecule has 1 saturated heterocycles. The van der Waals surface area contributed by atoms with E-state index in [9.17, 15) is 27.9 Å². The summed E-state index contributed by atoms with van der Waals surface area (Å²) in [6, 6.07) is 6.62. The van der Waals surface area contributed by atoms with Gasteiger partial charge in [0.05, 0.1) is 0 Å². The summed E-state index contributed by atoms with van der Waals surface area (Å²) in [7, 11) is 0. The number of carboxylic acid groups (broad SMARTS) is 1. The Morgan fingerprint density at radius 3 is 2.30 bits per heavy atom. The zero-order valence-electron chi connectivity index (χ0n) is 9.66. The smallest absolute Gasteiger partial charge is 0.438 e. The molecule has 0 radical (unpaired) electrons. The van der Waals surface area contributed by atoms with E-state index in [0.29, 0.717) is 0 Å². The maximum Gasteiger partial charge on any atom is 0.438 e. The molecule has 1 amide bonds. The number of aliphatic carboxylic acids is 1. The van der Waals surface area contributed by atoms with E-state index in [1.165, 1.54) is 30.3 Å².